The Labute approximate surface area is 217 Å². The molecule has 204 valence electrons. The average Bonchev–Trinajstić information content (AvgIpc) is 2.86. The third-order valence-electron chi connectivity index (χ3n) is 6.19. The highest BCUT2D eigenvalue weighted by atomic mass is 19.1. The molecule has 1 aliphatic carbocycles. The highest BCUT2D eigenvalue weighted by Crippen LogP contribution is 2.44. The number of hydrogen-bond acceptors (Lipinski definition) is 4. The first-order valence-corrected chi connectivity index (χ1v) is 12.9. The Bertz CT molecular complexity index is 904. The predicted octanol–water partition coefficient (Wildman–Crippen LogP) is 6.12. The van der Waals surface area contributed by atoms with Gasteiger partial charge >= 0.3 is 0 Å². The van der Waals surface area contributed by atoms with Crippen molar-refractivity contribution in [1.29, 1.82) is 0 Å². The van der Waals surface area contributed by atoms with E-state index in [-0.39, 0.29) is 24.3 Å². The number of rotatable bonds is 7. The van der Waals surface area contributed by atoms with Crippen LogP contribution >= 0.6 is 0 Å². The van der Waals surface area contributed by atoms with Gasteiger partial charge in [0.05, 0.1) is 6.61 Å². The Morgan fingerprint density at radius 2 is 1.56 bits per heavy atom. The Hall–Kier alpha value is -2.12. The van der Waals surface area contributed by atoms with E-state index in [0.29, 0.717) is 17.5 Å². The second kappa shape index (κ2) is 18.2. The third-order valence-corrected chi connectivity index (χ3v) is 6.19. The van der Waals surface area contributed by atoms with Crippen molar-refractivity contribution in [3.8, 4) is 0 Å². The molecule has 36 heavy (non-hydrogen) atoms. The minimum Gasteiger partial charge on any atom is -0.400 e. The molecule has 0 amide bonds. The van der Waals surface area contributed by atoms with E-state index < -0.39 is 0 Å². The zero-order valence-corrected chi connectivity index (χ0v) is 23.7. The topological polar surface area (TPSA) is 64.5 Å². The van der Waals surface area contributed by atoms with Gasteiger partial charge in [-0.25, -0.2) is 8.78 Å². The van der Waals surface area contributed by atoms with Crippen molar-refractivity contribution in [3.05, 3.63) is 70.3 Å². The van der Waals surface area contributed by atoms with Crippen molar-refractivity contribution in [1.82, 2.24) is 10.6 Å². The summed E-state index contributed by atoms with van der Waals surface area (Å²) in [4.78, 5) is 0. The number of benzene rings is 2. The summed E-state index contributed by atoms with van der Waals surface area (Å²) >= 11 is 0. The smallest absolute Gasteiger partial charge is 0.126 e. The van der Waals surface area contributed by atoms with Crippen LogP contribution in [0, 0.1) is 31.4 Å². The van der Waals surface area contributed by atoms with Gasteiger partial charge in [0, 0.05) is 19.2 Å². The molecule has 4 nitrogen and oxygen atoms in total. The summed E-state index contributed by atoms with van der Waals surface area (Å²) in [6, 6.07) is 10.6. The fourth-order valence-electron chi connectivity index (χ4n) is 4.30. The summed E-state index contributed by atoms with van der Waals surface area (Å²) < 4.78 is 28.0. The number of hydrogen-bond donors (Lipinski definition) is 4. The van der Waals surface area contributed by atoms with E-state index in [9.17, 15) is 13.9 Å². The van der Waals surface area contributed by atoms with Crippen LogP contribution in [0.5, 0.6) is 0 Å². The zero-order chi connectivity index (χ0) is 27.8. The Morgan fingerprint density at radius 3 is 2.03 bits per heavy atom. The van der Waals surface area contributed by atoms with Crippen molar-refractivity contribution < 1.29 is 19.0 Å². The predicted molar refractivity (Wildman–Crippen MR) is 150 cm³/mol. The lowest BCUT2D eigenvalue weighted by Gasteiger charge is -2.41. The van der Waals surface area contributed by atoms with Gasteiger partial charge in [-0.1, -0.05) is 39.0 Å². The van der Waals surface area contributed by atoms with Crippen molar-refractivity contribution in [2.45, 2.75) is 72.9 Å². The highest BCUT2D eigenvalue weighted by Gasteiger charge is 2.35. The number of aryl methyl sites for hydroxylation is 1. The minimum absolute atomic E-state index is 0.115. The van der Waals surface area contributed by atoms with Crippen LogP contribution in [-0.4, -0.2) is 50.1 Å². The number of halogens is 2. The van der Waals surface area contributed by atoms with Gasteiger partial charge < -0.3 is 20.8 Å². The lowest BCUT2D eigenvalue weighted by atomic mass is 9.70. The van der Waals surface area contributed by atoms with Crippen LogP contribution in [0.4, 0.5) is 8.78 Å². The van der Waals surface area contributed by atoms with Gasteiger partial charge in [0.15, 0.2) is 0 Å². The molecule has 1 saturated carbocycles. The standard InChI is InChI=1S/C25H31F2NO.C2H7N.C2H6.CH4O/c1-5-21(14-29)28-22-12-19(13-22)25(16(3)18-6-8-20(26)9-7-18)23-10-15(2)11-24(27)17(23)4;1-3-2;2*1-2/h6-11,19,21-22,28-29H,5,12-14H2,1-4H3;3H,1-2H3;1-2H3;2H,1H3/b25-16+;;;. The highest BCUT2D eigenvalue weighted by molar-refractivity contribution is 5.92. The zero-order valence-electron chi connectivity index (χ0n) is 23.7. The first-order chi connectivity index (χ1) is 17.2. The molecule has 1 unspecified atom stereocenters. The third kappa shape index (κ3) is 9.74. The molecule has 0 aromatic heterocycles. The Balaban J connectivity index is 0.00000159. The van der Waals surface area contributed by atoms with Crippen molar-refractivity contribution in [2.24, 2.45) is 5.92 Å². The van der Waals surface area contributed by atoms with E-state index in [0.717, 1.165) is 54.2 Å². The largest absolute Gasteiger partial charge is 0.400 e. The van der Waals surface area contributed by atoms with Gasteiger partial charge in [-0.05, 0) is 112 Å². The average molecular weight is 507 g/mol. The van der Waals surface area contributed by atoms with Crippen molar-refractivity contribution in [2.75, 3.05) is 27.8 Å². The number of nitrogens with one attached hydrogen (secondary N) is 2. The molecule has 6 heteroatoms. The SMILES string of the molecule is CC.CCC(CO)NC1CC(/C(=C(/C)c2ccc(F)cc2)c2cc(C)cc(F)c2C)C1.CNC.CO. The van der Waals surface area contributed by atoms with Gasteiger partial charge in [0.2, 0.25) is 0 Å². The van der Waals surface area contributed by atoms with Gasteiger partial charge in [0.1, 0.15) is 11.6 Å². The van der Waals surface area contributed by atoms with Crippen LogP contribution in [0.25, 0.3) is 11.1 Å². The summed E-state index contributed by atoms with van der Waals surface area (Å²) in [7, 11) is 4.75. The van der Waals surface area contributed by atoms with Gasteiger partial charge in [0.25, 0.3) is 0 Å². The second-order valence-electron chi connectivity index (χ2n) is 8.78. The van der Waals surface area contributed by atoms with E-state index in [1.165, 1.54) is 12.1 Å². The van der Waals surface area contributed by atoms with Crippen molar-refractivity contribution in [3.63, 3.8) is 0 Å². The number of aliphatic hydroxyl groups is 2. The lowest BCUT2D eigenvalue weighted by molar-refractivity contribution is 0.188. The molecular weight excluding hydrogens is 458 g/mol. The van der Waals surface area contributed by atoms with Crippen molar-refractivity contribution >= 4 is 11.1 Å². The molecule has 1 fully saturated rings. The van der Waals surface area contributed by atoms with Crippen LogP contribution < -0.4 is 10.6 Å². The molecule has 1 atom stereocenters. The van der Waals surface area contributed by atoms with Crippen LogP contribution in [0.3, 0.4) is 0 Å². The summed E-state index contributed by atoms with van der Waals surface area (Å²) in [6.45, 7) is 12.0. The van der Waals surface area contributed by atoms with E-state index >= 15 is 0 Å². The van der Waals surface area contributed by atoms with Crippen LogP contribution in [0.2, 0.25) is 0 Å². The molecule has 0 heterocycles. The first kappa shape index (κ1) is 33.9. The molecule has 1 aliphatic rings. The maximum Gasteiger partial charge on any atom is 0.126 e. The lowest BCUT2D eigenvalue weighted by Crippen LogP contribution is -2.47. The van der Waals surface area contributed by atoms with Crippen LogP contribution in [0.1, 0.15) is 69.2 Å². The van der Waals surface area contributed by atoms with E-state index in [4.69, 9.17) is 5.11 Å². The molecule has 0 aliphatic heterocycles. The molecule has 0 radical (unpaired) electrons. The molecule has 2 aromatic rings. The summed E-state index contributed by atoms with van der Waals surface area (Å²) in [6.07, 6.45) is 2.77. The summed E-state index contributed by atoms with van der Waals surface area (Å²) in [5.41, 5.74) is 5.67. The normalized spacial score (nSPS) is 17.6. The van der Waals surface area contributed by atoms with Crippen LogP contribution in [0.15, 0.2) is 36.4 Å². The monoisotopic (exact) mass is 506 g/mol. The number of aliphatic hydroxyl groups excluding tert-OH is 2. The first-order valence-electron chi connectivity index (χ1n) is 12.9. The Morgan fingerprint density at radius 1 is 1.03 bits per heavy atom. The van der Waals surface area contributed by atoms with Crippen LogP contribution in [-0.2, 0) is 0 Å². The van der Waals surface area contributed by atoms with E-state index in [1.807, 2.05) is 48.7 Å². The second-order valence-corrected chi connectivity index (χ2v) is 8.78. The van der Waals surface area contributed by atoms with Gasteiger partial charge in [-0.3, -0.25) is 0 Å². The quantitative estimate of drug-likeness (QED) is 0.342. The molecule has 0 spiro atoms. The molecule has 4 N–H and O–H groups in total. The molecule has 3 rings (SSSR count). The maximum absolute atomic E-state index is 14.5. The maximum atomic E-state index is 14.5. The molecule has 0 bridgehead atoms. The minimum atomic E-state index is -0.261. The molecular formula is C30H48F2N2O2. The summed E-state index contributed by atoms with van der Waals surface area (Å²) in [5, 5.41) is 22.7. The Kier molecular flexibility index (Phi) is 17.1. The fourth-order valence-corrected chi connectivity index (χ4v) is 4.30. The number of allylic oxidation sites excluding steroid dienone is 2. The van der Waals surface area contributed by atoms with E-state index in [1.54, 1.807) is 18.2 Å². The van der Waals surface area contributed by atoms with E-state index in [2.05, 4.69) is 23.6 Å². The summed E-state index contributed by atoms with van der Waals surface area (Å²) in [5.74, 6) is -0.151. The van der Waals surface area contributed by atoms with Gasteiger partial charge in [-0.2, -0.15) is 0 Å². The fraction of sp³-hybridized carbons (Fsp3) is 0.533. The molecule has 2 aromatic carbocycles. The van der Waals surface area contributed by atoms with Gasteiger partial charge in [-0.15, -0.1) is 0 Å². The molecule has 0 saturated heterocycles.